The zero-order valence-corrected chi connectivity index (χ0v) is 10.2. The standard InChI is InChI=1S/C12H16N2O3/c1-4-12(2,3)11(15)13-9-6-5-7-10(8-9)14(16)17/h5-8H,4H2,1-3H3,(H,13,15). The first kappa shape index (κ1) is 13.2. The largest absolute Gasteiger partial charge is 0.325 e. The van der Waals surface area contributed by atoms with Crippen LogP contribution in [0.4, 0.5) is 11.4 Å². The Hall–Kier alpha value is -1.91. The second-order valence-corrected chi connectivity index (χ2v) is 4.50. The van der Waals surface area contributed by atoms with Gasteiger partial charge in [-0.3, -0.25) is 14.9 Å². The van der Waals surface area contributed by atoms with E-state index in [1.165, 1.54) is 12.1 Å². The van der Waals surface area contributed by atoms with Crippen LogP contribution in [0.3, 0.4) is 0 Å². The Bertz CT molecular complexity index is 441. The Morgan fingerprint density at radius 1 is 1.47 bits per heavy atom. The molecule has 1 N–H and O–H groups in total. The number of hydrogen-bond acceptors (Lipinski definition) is 3. The highest BCUT2D eigenvalue weighted by atomic mass is 16.6. The van der Waals surface area contributed by atoms with Gasteiger partial charge < -0.3 is 5.32 Å². The van der Waals surface area contributed by atoms with Gasteiger partial charge in [-0.15, -0.1) is 0 Å². The average molecular weight is 236 g/mol. The maximum absolute atomic E-state index is 11.9. The third-order valence-electron chi connectivity index (χ3n) is 2.81. The Balaban J connectivity index is 2.86. The van der Waals surface area contributed by atoms with Gasteiger partial charge in [0.25, 0.3) is 5.69 Å². The molecule has 1 aromatic rings. The molecule has 0 bridgehead atoms. The van der Waals surface area contributed by atoms with Crippen LogP contribution in [0.1, 0.15) is 27.2 Å². The minimum Gasteiger partial charge on any atom is -0.325 e. The van der Waals surface area contributed by atoms with Crippen LogP contribution >= 0.6 is 0 Å². The molecular formula is C12H16N2O3. The van der Waals surface area contributed by atoms with Crippen LogP contribution < -0.4 is 5.32 Å². The first-order valence-corrected chi connectivity index (χ1v) is 5.42. The van der Waals surface area contributed by atoms with Crippen LogP contribution in [0.15, 0.2) is 24.3 Å². The van der Waals surface area contributed by atoms with E-state index in [1.54, 1.807) is 12.1 Å². The molecule has 5 heteroatoms. The Kier molecular flexibility index (Phi) is 3.83. The van der Waals surface area contributed by atoms with Gasteiger partial charge in [0.1, 0.15) is 0 Å². The van der Waals surface area contributed by atoms with Crippen LogP contribution in [0.25, 0.3) is 0 Å². The molecule has 0 aliphatic heterocycles. The highest BCUT2D eigenvalue weighted by Crippen LogP contribution is 2.23. The Labute approximate surface area is 100.0 Å². The second-order valence-electron chi connectivity index (χ2n) is 4.50. The summed E-state index contributed by atoms with van der Waals surface area (Å²) in [5.74, 6) is -0.138. The second kappa shape index (κ2) is 4.95. The molecule has 0 heterocycles. The predicted octanol–water partition coefficient (Wildman–Crippen LogP) is 2.97. The number of anilines is 1. The first-order valence-electron chi connectivity index (χ1n) is 5.42. The van der Waals surface area contributed by atoms with Gasteiger partial charge in [-0.1, -0.05) is 26.8 Å². The minimum absolute atomic E-state index is 0.0305. The molecule has 0 unspecified atom stereocenters. The number of nitro groups is 1. The molecule has 0 aromatic heterocycles. The lowest BCUT2D eigenvalue weighted by Gasteiger charge is -2.21. The number of nitro benzene ring substituents is 1. The van der Waals surface area contributed by atoms with Crippen molar-refractivity contribution in [1.82, 2.24) is 0 Å². The quantitative estimate of drug-likeness (QED) is 0.645. The summed E-state index contributed by atoms with van der Waals surface area (Å²) in [6.45, 7) is 5.59. The van der Waals surface area contributed by atoms with Crippen molar-refractivity contribution < 1.29 is 9.72 Å². The monoisotopic (exact) mass is 236 g/mol. The van der Waals surface area contributed by atoms with Crippen molar-refractivity contribution in [2.24, 2.45) is 5.41 Å². The molecule has 0 saturated heterocycles. The van der Waals surface area contributed by atoms with E-state index in [2.05, 4.69) is 5.32 Å². The van der Waals surface area contributed by atoms with E-state index in [1.807, 2.05) is 20.8 Å². The molecule has 0 radical (unpaired) electrons. The van der Waals surface area contributed by atoms with Crippen molar-refractivity contribution in [3.63, 3.8) is 0 Å². The average Bonchev–Trinajstić information content (AvgIpc) is 2.29. The van der Waals surface area contributed by atoms with E-state index in [4.69, 9.17) is 0 Å². The first-order chi connectivity index (χ1) is 7.86. The number of nitrogens with one attached hydrogen (secondary N) is 1. The number of benzene rings is 1. The van der Waals surface area contributed by atoms with E-state index in [-0.39, 0.29) is 11.6 Å². The summed E-state index contributed by atoms with van der Waals surface area (Å²) >= 11 is 0. The van der Waals surface area contributed by atoms with Crippen molar-refractivity contribution in [3.8, 4) is 0 Å². The van der Waals surface area contributed by atoms with Crippen molar-refractivity contribution in [2.45, 2.75) is 27.2 Å². The molecule has 0 spiro atoms. The molecule has 17 heavy (non-hydrogen) atoms. The number of amides is 1. The summed E-state index contributed by atoms with van der Waals surface area (Å²) in [6, 6.07) is 5.92. The summed E-state index contributed by atoms with van der Waals surface area (Å²) in [7, 11) is 0. The molecule has 0 fully saturated rings. The van der Waals surface area contributed by atoms with Crippen molar-refractivity contribution in [1.29, 1.82) is 0 Å². The highest BCUT2D eigenvalue weighted by molar-refractivity contribution is 5.94. The SMILES string of the molecule is CCC(C)(C)C(=O)Nc1cccc([N+](=O)[O-])c1. The smallest absolute Gasteiger partial charge is 0.271 e. The highest BCUT2D eigenvalue weighted by Gasteiger charge is 2.25. The fraction of sp³-hybridized carbons (Fsp3) is 0.417. The van der Waals surface area contributed by atoms with Crippen molar-refractivity contribution in [2.75, 3.05) is 5.32 Å². The number of carbonyl (C=O) groups excluding carboxylic acids is 1. The molecule has 0 aliphatic carbocycles. The van der Waals surface area contributed by atoms with Crippen molar-refractivity contribution >= 4 is 17.3 Å². The van der Waals surface area contributed by atoms with Gasteiger partial charge in [0, 0.05) is 23.2 Å². The van der Waals surface area contributed by atoms with Gasteiger partial charge in [0.15, 0.2) is 0 Å². The predicted molar refractivity (Wildman–Crippen MR) is 65.8 cm³/mol. The summed E-state index contributed by atoms with van der Waals surface area (Å²) in [4.78, 5) is 22.0. The zero-order valence-electron chi connectivity index (χ0n) is 10.2. The van der Waals surface area contributed by atoms with E-state index in [0.717, 1.165) is 0 Å². The third kappa shape index (κ3) is 3.27. The third-order valence-corrected chi connectivity index (χ3v) is 2.81. The van der Waals surface area contributed by atoms with Gasteiger partial charge in [-0.2, -0.15) is 0 Å². The number of non-ortho nitro benzene ring substituents is 1. The summed E-state index contributed by atoms with van der Waals surface area (Å²) in [6.07, 6.45) is 0.702. The normalized spacial score (nSPS) is 11.0. The zero-order chi connectivity index (χ0) is 13.1. The number of nitrogens with zero attached hydrogens (tertiary/aromatic N) is 1. The molecule has 1 aromatic carbocycles. The molecular weight excluding hydrogens is 220 g/mol. The lowest BCUT2D eigenvalue weighted by molar-refractivity contribution is -0.384. The summed E-state index contributed by atoms with van der Waals surface area (Å²) in [5, 5.41) is 13.3. The van der Waals surface area contributed by atoms with E-state index in [9.17, 15) is 14.9 Å². The van der Waals surface area contributed by atoms with E-state index >= 15 is 0 Å². The maximum atomic E-state index is 11.9. The summed E-state index contributed by atoms with van der Waals surface area (Å²) < 4.78 is 0. The fourth-order valence-electron chi connectivity index (χ4n) is 1.16. The van der Waals surface area contributed by atoms with Crippen LogP contribution in [0.5, 0.6) is 0 Å². The number of rotatable bonds is 4. The van der Waals surface area contributed by atoms with E-state index < -0.39 is 10.3 Å². The number of hydrogen-bond donors (Lipinski definition) is 1. The fourth-order valence-corrected chi connectivity index (χ4v) is 1.16. The van der Waals surface area contributed by atoms with Gasteiger partial charge >= 0.3 is 0 Å². The van der Waals surface area contributed by atoms with Gasteiger partial charge in [0.2, 0.25) is 5.91 Å². The maximum Gasteiger partial charge on any atom is 0.271 e. The van der Waals surface area contributed by atoms with Crippen LogP contribution in [0, 0.1) is 15.5 Å². The molecule has 0 aliphatic rings. The van der Waals surface area contributed by atoms with Gasteiger partial charge in [-0.25, -0.2) is 0 Å². The molecule has 92 valence electrons. The Morgan fingerprint density at radius 3 is 2.65 bits per heavy atom. The van der Waals surface area contributed by atoms with Crippen molar-refractivity contribution in [3.05, 3.63) is 34.4 Å². The molecule has 1 rings (SSSR count). The van der Waals surface area contributed by atoms with Gasteiger partial charge in [0.05, 0.1) is 4.92 Å². The molecule has 5 nitrogen and oxygen atoms in total. The lowest BCUT2D eigenvalue weighted by atomic mass is 9.89. The van der Waals surface area contributed by atoms with Crippen LogP contribution in [-0.4, -0.2) is 10.8 Å². The van der Waals surface area contributed by atoms with E-state index in [0.29, 0.717) is 12.1 Å². The Morgan fingerprint density at radius 2 is 2.12 bits per heavy atom. The molecule has 0 saturated carbocycles. The molecule has 0 atom stereocenters. The summed E-state index contributed by atoms with van der Waals surface area (Å²) in [5.41, 5.74) is -0.0622. The number of carbonyl (C=O) groups is 1. The van der Waals surface area contributed by atoms with Crippen LogP contribution in [-0.2, 0) is 4.79 Å². The van der Waals surface area contributed by atoms with Gasteiger partial charge in [-0.05, 0) is 12.5 Å². The van der Waals surface area contributed by atoms with Crippen LogP contribution in [0.2, 0.25) is 0 Å². The minimum atomic E-state index is -0.485. The topological polar surface area (TPSA) is 72.2 Å². The lowest BCUT2D eigenvalue weighted by Crippen LogP contribution is -2.29. The molecule has 1 amide bonds.